The van der Waals surface area contributed by atoms with Crippen molar-refractivity contribution in [1.29, 1.82) is 0 Å². The second-order valence-electron chi connectivity index (χ2n) is 4.07. The quantitative estimate of drug-likeness (QED) is 0.836. The van der Waals surface area contributed by atoms with E-state index in [1.807, 2.05) is 24.3 Å². The zero-order valence-corrected chi connectivity index (χ0v) is 8.96. The van der Waals surface area contributed by atoms with Crippen LogP contribution < -0.4 is 5.56 Å². The molecule has 1 heterocycles. The number of rotatable bonds is 2. The highest BCUT2D eigenvalue weighted by atomic mass is 32.1. The molecule has 0 aliphatic heterocycles. The van der Waals surface area contributed by atoms with Crippen LogP contribution in [0.1, 0.15) is 12.8 Å². The number of nitrogens with zero attached hydrogens (tertiary/aromatic N) is 1. The van der Waals surface area contributed by atoms with Crippen molar-refractivity contribution in [2.75, 3.05) is 6.61 Å². The van der Waals surface area contributed by atoms with Gasteiger partial charge < -0.3 is 5.11 Å². The summed E-state index contributed by atoms with van der Waals surface area (Å²) in [6.45, 7) is 0.0692. The van der Waals surface area contributed by atoms with Crippen LogP contribution in [0.5, 0.6) is 0 Å². The summed E-state index contributed by atoms with van der Waals surface area (Å²) in [6, 6.07) is 7.60. The van der Waals surface area contributed by atoms with Crippen LogP contribution in [0.25, 0.3) is 10.1 Å². The van der Waals surface area contributed by atoms with Gasteiger partial charge in [-0.25, -0.2) is 0 Å². The first-order valence-corrected chi connectivity index (χ1v) is 5.77. The molecular formula is C11H11NO2S. The van der Waals surface area contributed by atoms with Crippen molar-refractivity contribution in [3.05, 3.63) is 34.6 Å². The molecule has 2 aromatic rings. The van der Waals surface area contributed by atoms with E-state index < -0.39 is 0 Å². The molecule has 1 saturated carbocycles. The number of aliphatic hydroxyl groups is 1. The Balaban J connectivity index is 2.29. The molecule has 1 fully saturated rings. The molecule has 15 heavy (non-hydrogen) atoms. The summed E-state index contributed by atoms with van der Waals surface area (Å²) in [5, 5.41) is 10.1. The number of hydrogen-bond acceptors (Lipinski definition) is 3. The number of benzene rings is 1. The first-order valence-electron chi connectivity index (χ1n) is 4.99. The van der Waals surface area contributed by atoms with Gasteiger partial charge >= 0.3 is 0 Å². The summed E-state index contributed by atoms with van der Waals surface area (Å²) in [4.78, 5) is 12.0. The molecule has 3 nitrogen and oxygen atoms in total. The maximum absolute atomic E-state index is 12.0. The van der Waals surface area contributed by atoms with E-state index >= 15 is 0 Å². The molecule has 0 bridgehead atoms. The molecule has 0 radical (unpaired) electrons. The predicted molar refractivity (Wildman–Crippen MR) is 60.4 cm³/mol. The average Bonchev–Trinajstić information content (AvgIpc) is 3.00. The average molecular weight is 221 g/mol. The zero-order valence-electron chi connectivity index (χ0n) is 8.14. The highest BCUT2D eigenvalue weighted by molar-refractivity contribution is 7.14. The third kappa shape index (κ3) is 1.18. The van der Waals surface area contributed by atoms with E-state index in [1.54, 1.807) is 3.96 Å². The molecule has 1 aliphatic carbocycles. The van der Waals surface area contributed by atoms with Gasteiger partial charge in [-0.1, -0.05) is 23.7 Å². The van der Waals surface area contributed by atoms with Gasteiger partial charge in [0.05, 0.1) is 22.2 Å². The van der Waals surface area contributed by atoms with Crippen LogP contribution in [-0.4, -0.2) is 15.7 Å². The van der Waals surface area contributed by atoms with Gasteiger partial charge in [-0.15, -0.1) is 0 Å². The Morgan fingerprint density at radius 1 is 1.40 bits per heavy atom. The second kappa shape index (κ2) is 2.93. The van der Waals surface area contributed by atoms with Crippen molar-refractivity contribution < 1.29 is 5.11 Å². The highest BCUT2D eigenvalue weighted by Gasteiger charge is 2.46. The fourth-order valence-corrected chi connectivity index (χ4v) is 3.06. The van der Waals surface area contributed by atoms with Gasteiger partial charge in [0.15, 0.2) is 0 Å². The largest absolute Gasteiger partial charge is 0.394 e. The predicted octanol–water partition coefficient (Wildman–Crippen LogP) is 1.54. The number of aromatic nitrogens is 1. The van der Waals surface area contributed by atoms with E-state index in [0.717, 1.165) is 22.9 Å². The van der Waals surface area contributed by atoms with Crippen LogP contribution >= 0.6 is 11.5 Å². The van der Waals surface area contributed by atoms with Crippen molar-refractivity contribution in [1.82, 2.24) is 3.96 Å². The molecule has 0 spiro atoms. The Bertz CT molecular complexity index is 565. The Morgan fingerprint density at radius 3 is 2.73 bits per heavy atom. The number of fused-ring (bicyclic) bond motifs is 1. The summed E-state index contributed by atoms with van der Waals surface area (Å²) in [7, 11) is 0. The van der Waals surface area contributed by atoms with E-state index in [-0.39, 0.29) is 17.7 Å². The van der Waals surface area contributed by atoms with Gasteiger partial charge in [0.25, 0.3) is 5.56 Å². The van der Waals surface area contributed by atoms with E-state index in [0.29, 0.717) is 0 Å². The smallest absolute Gasteiger partial charge is 0.269 e. The third-order valence-electron chi connectivity index (χ3n) is 3.04. The lowest BCUT2D eigenvalue weighted by molar-refractivity contribution is 0.219. The van der Waals surface area contributed by atoms with Crippen molar-refractivity contribution in [2.24, 2.45) is 0 Å². The fraction of sp³-hybridized carbons (Fsp3) is 0.364. The summed E-state index contributed by atoms with van der Waals surface area (Å²) in [6.07, 6.45) is 1.83. The molecule has 1 aromatic carbocycles. The fourth-order valence-electron chi connectivity index (χ4n) is 1.85. The molecule has 78 valence electrons. The summed E-state index contributed by atoms with van der Waals surface area (Å²) < 4.78 is 2.75. The summed E-state index contributed by atoms with van der Waals surface area (Å²) >= 11 is 1.46. The van der Waals surface area contributed by atoms with Crippen molar-refractivity contribution in [3.63, 3.8) is 0 Å². The molecule has 0 saturated heterocycles. The van der Waals surface area contributed by atoms with Gasteiger partial charge in [-0.05, 0) is 25.0 Å². The highest BCUT2D eigenvalue weighted by Crippen LogP contribution is 2.44. The lowest BCUT2D eigenvalue weighted by atomic mass is 10.2. The Kier molecular flexibility index (Phi) is 1.78. The van der Waals surface area contributed by atoms with Crippen LogP contribution in [0.3, 0.4) is 0 Å². The Hall–Kier alpha value is -1.13. The lowest BCUT2D eigenvalue weighted by Crippen LogP contribution is -2.28. The molecule has 0 atom stereocenters. The Labute approximate surface area is 90.7 Å². The normalized spacial score (nSPS) is 18.2. The molecule has 1 aliphatic rings. The van der Waals surface area contributed by atoms with Gasteiger partial charge in [0.1, 0.15) is 0 Å². The number of aliphatic hydroxyl groups excluding tert-OH is 1. The maximum Gasteiger partial charge on any atom is 0.269 e. The first kappa shape index (κ1) is 9.12. The van der Waals surface area contributed by atoms with Crippen molar-refractivity contribution >= 4 is 21.6 Å². The first-order chi connectivity index (χ1) is 7.27. The molecule has 1 aromatic heterocycles. The van der Waals surface area contributed by atoms with Crippen molar-refractivity contribution in [3.8, 4) is 0 Å². The minimum Gasteiger partial charge on any atom is -0.394 e. The van der Waals surface area contributed by atoms with E-state index in [2.05, 4.69) is 0 Å². The van der Waals surface area contributed by atoms with E-state index in [4.69, 9.17) is 0 Å². The SMILES string of the molecule is O=c1c2ccccc2sn1C1(CO)CC1. The molecular weight excluding hydrogens is 210 g/mol. The standard InChI is InChI=1S/C11H11NO2S/c13-7-11(5-6-11)12-10(14)8-3-1-2-4-9(8)15-12/h1-4,13H,5-7H2. The van der Waals surface area contributed by atoms with Gasteiger partial charge in [-0.3, -0.25) is 8.75 Å². The third-order valence-corrected chi connectivity index (χ3v) is 4.33. The van der Waals surface area contributed by atoms with Crippen LogP contribution in [0.4, 0.5) is 0 Å². The summed E-state index contributed by atoms with van der Waals surface area (Å²) in [5.74, 6) is 0. The number of hydrogen-bond donors (Lipinski definition) is 1. The topological polar surface area (TPSA) is 42.2 Å². The minimum absolute atomic E-state index is 0.0437. The lowest BCUT2D eigenvalue weighted by Gasteiger charge is -2.10. The second-order valence-corrected chi connectivity index (χ2v) is 5.06. The maximum atomic E-state index is 12.0. The van der Waals surface area contributed by atoms with Crippen LogP contribution in [0, 0.1) is 0 Å². The van der Waals surface area contributed by atoms with Crippen LogP contribution in [0.15, 0.2) is 29.1 Å². The molecule has 4 heteroatoms. The minimum atomic E-state index is -0.277. The van der Waals surface area contributed by atoms with Gasteiger partial charge in [0.2, 0.25) is 0 Å². The van der Waals surface area contributed by atoms with E-state index in [9.17, 15) is 9.90 Å². The zero-order chi connectivity index (χ0) is 10.5. The molecule has 0 unspecified atom stereocenters. The van der Waals surface area contributed by atoms with Crippen LogP contribution in [-0.2, 0) is 5.54 Å². The van der Waals surface area contributed by atoms with Crippen molar-refractivity contribution in [2.45, 2.75) is 18.4 Å². The molecule has 1 N–H and O–H groups in total. The molecule has 0 amide bonds. The van der Waals surface area contributed by atoms with E-state index in [1.165, 1.54) is 11.5 Å². The van der Waals surface area contributed by atoms with Crippen LogP contribution in [0.2, 0.25) is 0 Å². The molecule has 3 rings (SSSR count). The summed E-state index contributed by atoms with van der Waals surface area (Å²) in [5.41, 5.74) is -0.233. The van der Waals surface area contributed by atoms with Gasteiger partial charge in [0, 0.05) is 0 Å². The van der Waals surface area contributed by atoms with Gasteiger partial charge in [-0.2, -0.15) is 0 Å². The monoisotopic (exact) mass is 221 g/mol. The Morgan fingerprint density at radius 2 is 2.13 bits per heavy atom.